The van der Waals surface area contributed by atoms with Crippen LogP contribution >= 0.6 is 22.7 Å². The summed E-state index contributed by atoms with van der Waals surface area (Å²) < 4.78 is 6.66. The van der Waals surface area contributed by atoms with Crippen LogP contribution in [0.3, 0.4) is 0 Å². The molecule has 0 aliphatic carbocycles. The molecule has 15 nitrogen and oxygen atoms in total. The van der Waals surface area contributed by atoms with E-state index in [4.69, 9.17) is 4.74 Å². The van der Waals surface area contributed by atoms with Crippen molar-refractivity contribution in [1.29, 1.82) is 0 Å². The maximum absolute atomic E-state index is 14.1. The fourth-order valence-corrected chi connectivity index (χ4v) is 11.2. The molecule has 76 heavy (non-hydrogen) atoms. The molecule has 0 saturated carbocycles. The van der Waals surface area contributed by atoms with E-state index >= 15 is 0 Å². The zero-order valence-corrected chi connectivity index (χ0v) is 44.7. The Kier molecular flexibility index (Phi) is 17.4. The van der Waals surface area contributed by atoms with Crippen LogP contribution in [0.4, 0.5) is 0 Å². The van der Waals surface area contributed by atoms with Gasteiger partial charge in [0, 0.05) is 51.0 Å². The number of thiazole rings is 1. The number of phenols is 2. The van der Waals surface area contributed by atoms with Gasteiger partial charge in [-0.2, -0.15) is 5.10 Å². The quantitative estimate of drug-likeness (QED) is 0.0184. The highest BCUT2D eigenvalue weighted by atomic mass is 32.1. The second-order valence-corrected chi connectivity index (χ2v) is 22.0. The number of likely N-dealkylation sites (tertiary alicyclic amines) is 1. The summed E-state index contributed by atoms with van der Waals surface area (Å²) in [6, 6.07) is 30.8. The van der Waals surface area contributed by atoms with Gasteiger partial charge in [-0.15, -0.1) is 22.7 Å². The molecule has 6 N–H and O–H groups in total. The minimum absolute atomic E-state index is 0.00314. The molecular formula is C59H62N6O9S2. The second kappa shape index (κ2) is 24.3. The van der Waals surface area contributed by atoms with Crippen LogP contribution < -0.4 is 20.8 Å². The second-order valence-electron chi connectivity index (χ2n) is 20.1. The maximum Gasteiger partial charge on any atom is 0.271 e. The van der Waals surface area contributed by atoms with Crippen molar-refractivity contribution in [3.05, 3.63) is 154 Å². The van der Waals surface area contributed by atoms with E-state index < -0.39 is 35.4 Å². The standard InChI is InChI=1S/C59H62N6O9S2/c1-35(38-16-18-39(19-17-38)53-36(2)60-34-75-53)62-57(72)48-30-45(68)33-65(48)58(73)55(59(3,4)5)63-50(69)13-8-6-7-9-28-74-46-25-14-37(15-26-46)32-61-64-56(71)42-12-10-11-41(29-42)52(70)51-47-27-24-44(67)31-49(47)76-54(51)40-20-22-43(66)23-21-40/h10-12,14-27,29,31-32,34-35,45,48,55,66-68H,6-9,13,28,30,33H2,1-5H3,(H,62,72)(H,63,69)(H,64,71)/b61-32+/t35-,45+,48-,55+/m0/s1. The molecule has 1 fully saturated rings. The van der Waals surface area contributed by atoms with Gasteiger partial charge in [0.15, 0.2) is 5.78 Å². The van der Waals surface area contributed by atoms with Gasteiger partial charge in [0.05, 0.1) is 41.0 Å². The fraction of sp³-hybridized carbons (Fsp3) is 0.305. The molecule has 0 bridgehead atoms. The number of unbranched alkanes of at least 4 members (excludes halogenated alkanes) is 3. The molecule has 5 aromatic carbocycles. The molecule has 2 aromatic heterocycles. The van der Waals surface area contributed by atoms with Crippen molar-refractivity contribution in [3.63, 3.8) is 0 Å². The predicted octanol–water partition coefficient (Wildman–Crippen LogP) is 10.1. The number of β-amino-alcohol motifs (C(OH)–C–C–N with tert-alkyl or cyclic N) is 1. The number of aliphatic hydroxyl groups excluding tert-OH is 1. The van der Waals surface area contributed by atoms with E-state index in [2.05, 4.69) is 26.1 Å². The Balaban J connectivity index is 0.753. The molecule has 4 atom stereocenters. The van der Waals surface area contributed by atoms with Crippen LogP contribution in [0, 0.1) is 12.3 Å². The zero-order valence-electron chi connectivity index (χ0n) is 43.0. The number of ketones is 1. The van der Waals surface area contributed by atoms with Crippen molar-refractivity contribution in [2.45, 2.75) is 97.4 Å². The van der Waals surface area contributed by atoms with Crippen molar-refractivity contribution in [2.24, 2.45) is 10.5 Å². The number of aliphatic hydroxyl groups is 1. The summed E-state index contributed by atoms with van der Waals surface area (Å²) in [5.41, 5.74) is 9.01. The van der Waals surface area contributed by atoms with Gasteiger partial charge < -0.3 is 35.6 Å². The minimum atomic E-state index is -0.904. The van der Waals surface area contributed by atoms with E-state index in [9.17, 15) is 39.3 Å². The van der Waals surface area contributed by atoms with E-state index in [0.29, 0.717) is 40.2 Å². The number of aryl methyl sites for hydroxylation is 1. The highest BCUT2D eigenvalue weighted by molar-refractivity contribution is 7.22. The van der Waals surface area contributed by atoms with Crippen molar-refractivity contribution in [2.75, 3.05) is 13.2 Å². The Bertz CT molecular complexity index is 3240. The molecule has 17 heteroatoms. The number of hydrogen-bond donors (Lipinski definition) is 6. The summed E-state index contributed by atoms with van der Waals surface area (Å²) >= 11 is 2.93. The lowest BCUT2D eigenvalue weighted by atomic mass is 9.85. The highest BCUT2D eigenvalue weighted by Gasteiger charge is 2.44. The fourth-order valence-electron chi connectivity index (χ4n) is 9.13. The van der Waals surface area contributed by atoms with Crippen LogP contribution in [0.15, 0.2) is 126 Å². The third-order valence-electron chi connectivity index (χ3n) is 13.3. The van der Waals surface area contributed by atoms with Gasteiger partial charge in [-0.3, -0.25) is 24.0 Å². The molecule has 7 aromatic rings. The van der Waals surface area contributed by atoms with Crippen LogP contribution in [0.25, 0.3) is 31.0 Å². The summed E-state index contributed by atoms with van der Waals surface area (Å²) in [6.45, 7) is 9.92. The Labute approximate surface area is 449 Å². The average Bonchev–Trinajstić information content (AvgIpc) is 4.15. The topological polar surface area (TPSA) is 220 Å². The SMILES string of the molecule is Cc1ncsc1-c1ccc([C@H](C)NC(=O)[C@@H]2C[C@@H](O)CN2C(=O)[C@@H](NC(=O)CCCCCCOc2ccc(/C=N/NC(=O)c3cccc(C(=O)c4c(-c5ccc(O)cc5)sc5cc(O)ccc45)c3)cc2)C(C)(C)C)cc1. The van der Waals surface area contributed by atoms with Crippen molar-refractivity contribution in [3.8, 4) is 38.1 Å². The van der Waals surface area contributed by atoms with Crippen molar-refractivity contribution in [1.82, 2.24) is 25.9 Å². The van der Waals surface area contributed by atoms with Gasteiger partial charge in [-0.05, 0) is 133 Å². The average molecular weight is 1060 g/mol. The third-order valence-corrected chi connectivity index (χ3v) is 15.5. The number of hydrogen-bond acceptors (Lipinski definition) is 13. The molecule has 0 unspecified atom stereocenters. The number of hydrazone groups is 1. The number of phenolic OH excluding ortho intramolecular Hbond substituents is 2. The summed E-state index contributed by atoms with van der Waals surface area (Å²) in [5.74, 6) is -0.979. The lowest BCUT2D eigenvalue weighted by Gasteiger charge is -2.35. The van der Waals surface area contributed by atoms with Crippen molar-refractivity contribution < 1.29 is 44.0 Å². The van der Waals surface area contributed by atoms with E-state index in [1.165, 1.54) is 34.6 Å². The Morgan fingerprint density at radius 1 is 0.829 bits per heavy atom. The number of benzene rings is 5. The van der Waals surface area contributed by atoms with Gasteiger partial charge in [0.2, 0.25) is 17.7 Å². The Morgan fingerprint density at radius 2 is 1.51 bits per heavy atom. The number of nitrogens with zero attached hydrogens (tertiary/aromatic N) is 3. The maximum atomic E-state index is 14.1. The lowest BCUT2D eigenvalue weighted by molar-refractivity contribution is -0.144. The Morgan fingerprint density at radius 3 is 2.22 bits per heavy atom. The number of carbonyl (C=O) groups excluding carboxylic acids is 5. The first-order valence-corrected chi connectivity index (χ1v) is 27.0. The normalized spacial score (nSPS) is 15.4. The van der Waals surface area contributed by atoms with Gasteiger partial charge in [-0.1, -0.05) is 70.0 Å². The molecule has 3 heterocycles. The van der Waals surface area contributed by atoms with Gasteiger partial charge in [-0.25, -0.2) is 10.4 Å². The number of ether oxygens (including phenoxy) is 1. The van der Waals surface area contributed by atoms with Gasteiger partial charge in [0.25, 0.3) is 5.91 Å². The number of carbonyl (C=O) groups is 5. The molecule has 1 aliphatic heterocycles. The number of thiophene rings is 1. The van der Waals surface area contributed by atoms with Gasteiger partial charge in [0.1, 0.15) is 29.3 Å². The van der Waals surface area contributed by atoms with Crippen LogP contribution in [0.2, 0.25) is 0 Å². The monoisotopic (exact) mass is 1060 g/mol. The molecule has 1 saturated heterocycles. The number of aromatic hydroxyl groups is 2. The van der Waals surface area contributed by atoms with Crippen LogP contribution in [0.5, 0.6) is 17.2 Å². The van der Waals surface area contributed by atoms with E-state index in [0.717, 1.165) is 56.8 Å². The highest BCUT2D eigenvalue weighted by Crippen LogP contribution is 2.42. The first-order valence-electron chi connectivity index (χ1n) is 25.3. The van der Waals surface area contributed by atoms with E-state index in [1.807, 2.05) is 76.5 Å². The van der Waals surface area contributed by atoms with E-state index in [1.54, 1.807) is 78.1 Å². The van der Waals surface area contributed by atoms with Gasteiger partial charge >= 0.3 is 0 Å². The van der Waals surface area contributed by atoms with Crippen LogP contribution in [-0.2, 0) is 14.4 Å². The number of nitrogens with one attached hydrogen (secondary N) is 3. The number of amides is 4. The molecule has 0 spiro atoms. The summed E-state index contributed by atoms with van der Waals surface area (Å²) in [5, 5.41) is 41.4. The molecule has 4 amide bonds. The molecule has 0 radical (unpaired) electrons. The molecular weight excluding hydrogens is 1000 g/mol. The minimum Gasteiger partial charge on any atom is -0.508 e. The smallest absolute Gasteiger partial charge is 0.271 e. The zero-order chi connectivity index (χ0) is 54.1. The molecule has 1 aliphatic rings. The summed E-state index contributed by atoms with van der Waals surface area (Å²) in [4.78, 5) is 75.8. The first kappa shape index (κ1) is 54.5. The first-order chi connectivity index (χ1) is 36.4. The lowest BCUT2D eigenvalue weighted by Crippen LogP contribution is -2.57. The molecule has 8 rings (SSSR count). The summed E-state index contributed by atoms with van der Waals surface area (Å²) in [7, 11) is 0. The summed E-state index contributed by atoms with van der Waals surface area (Å²) in [6.07, 6.45) is 3.94. The number of fused-ring (bicyclic) bond motifs is 1. The molecule has 394 valence electrons. The number of aromatic nitrogens is 1. The predicted molar refractivity (Wildman–Crippen MR) is 297 cm³/mol. The number of rotatable bonds is 20. The van der Waals surface area contributed by atoms with E-state index in [-0.39, 0.29) is 60.1 Å². The third kappa shape index (κ3) is 13.4. The largest absolute Gasteiger partial charge is 0.508 e. The van der Waals surface area contributed by atoms with Crippen LogP contribution in [0.1, 0.15) is 115 Å². The Hall–Kier alpha value is -7.73. The van der Waals surface area contributed by atoms with Crippen LogP contribution in [-0.4, -0.2) is 92.2 Å². The van der Waals surface area contributed by atoms with Crippen molar-refractivity contribution >= 4 is 68.4 Å².